The molecule has 5 rings (SSSR count). The van der Waals surface area contributed by atoms with E-state index in [1.165, 1.54) is 18.6 Å². The lowest BCUT2D eigenvalue weighted by atomic mass is 9.84. The fourth-order valence-corrected chi connectivity index (χ4v) is 7.08. The molecule has 0 aliphatic carbocycles. The topological polar surface area (TPSA) is 74.8 Å². The summed E-state index contributed by atoms with van der Waals surface area (Å²) in [5, 5.41) is 0. The second-order valence-corrected chi connectivity index (χ2v) is 11.5. The number of ether oxygens (including phenoxy) is 1. The summed E-state index contributed by atoms with van der Waals surface area (Å²) in [5.41, 5.74) is 0.959. The SMILES string of the molecule is Cc1cc(N2CC3(C2)OCC[C@@H]3N2CC[C@H](C)C2)c(C)c(F)c1S(=O)(=O)Nc1cccc(F)n1. The highest BCUT2D eigenvalue weighted by Crippen LogP contribution is 2.43. The number of pyridine rings is 1. The number of aromatic nitrogens is 1. The van der Waals surface area contributed by atoms with Crippen LogP contribution in [0.15, 0.2) is 29.2 Å². The number of nitrogens with one attached hydrogen (secondary N) is 1. The monoisotopic (exact) mass is 492 g/mol. The van der Waals surface area contributed by atoms with Crippen molar-refractivity contribution in [2.24, 2.45) is 5.92 Å². The molecule has 3 aliphatic rings. The Morgan fingerprint density at radius 1 is 1.21 bits per heavy atom. The summed E-state index contributed by atoms with van der Waals surface area (Å²) in [6.07, 6.45) is 2.21. The smallest absolute Gasteiger partial charge is 0.266 e. The predicted octanol–water partition coefficient (Wildman–Crippen LogP) is 3.47. The molecule has 10 heteroatoms. The molecule has 184 valence electrons. The van der Waals surface area contributed by atoms with E-state index >= 15 is 4.39 Å². The fourth-order valence-electron chi connectivity index (χ4n) is 5.72. The summed E-state index contributed by atoms with van der Waals surface area (Å²) in [6.45, 7) is 9.64. The molecule has 1 N–H and O–H groups in total. The maximum absolute atomic E-state index is 15.5. The average Bonchev–Trinajstić information content (AvgIpc) is 3.35. The van der Waals surface area contributed by atoms with Crippen molar-refractivity contribution in [1.29, 1.82) is 0 Å². The molecule has 1 aromatic carbocycles. The normalized spacial score (nSPS) is 24.6. The molecule has 4 heterocycles. The molecule has 1 aromatic heterocycles. The summed E-state index contributed by atoms with van der Waals surface area (Å²) in [7, 11) is -4.30. The van der Waals surface area contributed by atoms with E-state index < -0.39 is 26.7 Å². The molecule has 0 radical (unpaired) electrons. The highest BCUT2D eigenvalue weighted by atomic mass is 32.2. The summed E-state index contributed by atoms with van der Waals surface area (Å²) in [6, 6.07) is 5.82. The van der Waals surface area contributed by atoms with E-state index in [0.717, 1.165) is 32.2 Å². The lowest BCUT2D eigenvalue weighted by Gasteiger charge is -2.53. The summed E-state index contributed by atoms with van der Waals surface area (Å²) in [5.74, 6) is -1.15. The van der Waals surface area contributed by atoms with E-state index in [0.29, 0.717) is 30.7 Å². The fraction of sp³-hybridized carbons (Fsp3) is 0.542. The molecular formula is C24H30F2N4O3S. The third kappa shape index (κ3) is 3.95. The van der Waals surface area contributed by atoms with Crippen molar-refractivity contribution in [3.05, 3.63) is 47.2 Å². The van der Waals surface area contributed by atoms with Crippen LogP contribution in [-0.4, -0.2) is 62.7 Å². The van der Waals surface area contributed by atoms with Gasteiger partial charge >= 0.3 is 0 Å². The number of halogens is 2. The van der Waals surface area contributed by atoms with E-state index in [2.05, 4.69) is 26.4 Å². The average molecular weight is 493 g/mol. The Morgan fingerprint density at radius 3 is 2.65 bits per heavy atom. The van der Waals surface area contributed by atoms with Gasteiger partial charge in [-0.05, 0) is 62.9 Å². The highest BCUT2D eigenvalue weighted by Gasteiger charge is 2.56. The summed E-state index contributed by atoms with van der Waals surface area (Å²) >= 11 is 0. The van der Waals surface area contributed by atoms with Crippen LogP contribution in [0.25, 0.3) is 0 Å². The largest absolute Gasteiger partial charge is 0.370 e. The van der Waals surface area contributed by atoms with Crippen LogP contribution in [0, 0.1) is 31.5 Å². The van der Waals surface area contributed by atoms with Crippen molar-refractivity contribution in [2.45, 2.75) is 50.2 Å². The third-order valence-corrected chi connectivity index (χ3v) is 8.91. The van der Waals surface area contributed by atoms with Crippen LogP contribution in [0.1, 0.15) is 30.9 Å². The van der Waals surface area contributed by atoms with Crippen LogP contribution >= 0.6 is 0 Å². The minimum absolute atomic E-state index is 0.203. The van der Waals surface area contributed by atoms with Gasteiger partial charge in [0.05, 0.1) is 13.1 Å². The second-order valence-electron chi connectivity index (χ2n) is 9.89. The maximum Gasteiger partial charge on any atom is 0.266 e. The van der Waals surface area contributed by atoms with Gasteiger partial charge in [-0.25, -0.2) is 17.8 Å². The molecule has 3 saturated heterocycles. The zero-order valence-electron chi connectivity index (χ0n) is 19.6. The van der Waals surface area contributed by atoms with Crippen LogP contribution in [0.3, 0.4) is 0 Å². The number of sulfonamides is 1. The highest BCUT2D eigenvalue weighted by molar-refractivity contribution is 7.92. The van der Waals surface area contributed by atoms with Crippen molar-refractivity contribution >= 4 is 21.5 Å². The Morgan fingerprint density at radius 2 is 1.97 bits per heavy atom. The Hall–Kier alpha value is -2.30. The number of aryl methyl sites for hydroxylation is 1. The predicted molar refractivity (Wildman–Crippen MR) is 126 cm³/mol. The van der Waals surface area contributed by atoms with E-state index in [1.54, 1.807) is 19.9 Å². The Bertz CT molecular complexity index is 1220. The van der Waals surface area contributed by atoms with Crippen molar-refractivity contribution in [2.75, 3.05) is 42.4 Å². The molecule has 2 aromatic rings. The van der Waals surface area contributed by atoms with Crippen LogP contribution in [0.5, 0.6) is 0 Å². The first-order chi connectivity index (χ1) is 16.1. The summed E-state index contributed by atoms with van der Waals surface area (Å²) in [4.78, 5) is 7.67. The minimum atomic E-state index is -4.30. The van der Waals surface area contributed by atoms with Gasteiger partial charge in [-0.15, -0.1) is 0 Å². The lowest BCUT2D eigenvalue weighted by Crippen LogP contribution is -2.69. The summed E-state index contributed by atoms with van der Waals surface area (Å²) < 4.78 is 63.1. The van der Waals surface area contributed by atoms with Crippen LogP contribution in [-0.2, 0) is 14.8 Å². The third-order valence-electron chi connectivity index (χ3n) is 7.39. The molecule has 0 saturated carbocycles. The van der Waals surface area contributed by atoms with Crippen molar-refractivity contribution < 1.29 is 21.9 Å². The number of rotatable bonds is 5. The van der Waals surface area contributed by atoms with E-state index in [-0.39, 0.29) is 22.5 Å². The zero-order valence-corrected chi connectivity index (χ0v) is 20.5. The number of benzene rings is 1. The van der Waals surface area contributed by atoms with Gasteiger partial charge < -0.3 is 9.64 Å². The quantitative estimate of drug-likeness (QED) is 0.645. The van der Waals surface area contributed by atoms with Gasteiger partial charge in [0.2, 0.25) is 5.95 Å². The van der Waals surface area contributed by atoms with Crippen LogP contribution in [0.2, 0.25) is 0 Å². The molecule has 3 fully saturated rings. The molecule has 34 heavy (non-hydrogen) atoms. The van der Waals surface area contributed by atoms with Crippen molar-refractivity contribution in [3.63, 3.8) is 0 Å². The van der Waals surface area contributed by atoms with Crippen molar-refractivity contribution in [1.82, 2.24) is 9.88 Å². The first-order valence-electron chi connectivity index (χ1n) is 11.7. The maximum atomic E-state index is 15.5. The number of nitrogens with zero attached hydrogens (tertiary/aromatic N) is 3. The van der Waals surface area contributed by atoms with E-state index in [4.69, 9.17) is 4.74 Å². The number of hydrogen-bond acceptors (Lipinski definition) is 6. The van der Waals surface area contributed by atoms with Gasteiger partial charge in [0.25, 0.3) is 10.0 Å². The molecule has 2 atom stereocenters. The van der Waals surface area contributed by atoms with Crippen LogP contribution in [0.4, 0.5) is 20.3 Å². The molecule has 0 bridgehead atoms. The Kier molecular flexibility index (Phi) is 5.81. The van der Waals surface area contributed by atoms with Gasteiger partial charge in [0.1, 0.15) is 22.1 Å². The standard InChI is InChI=1S/C24H30F2N4O3S/c1-15-7-9-29(12-15)19-8-10-33-24(19)13-30(14-24)18-11-16(2)23(22(26)17(18)3)34(31,32)28-21-6-4-5-20(25)27-21/h4-6,11,15,19H,7-10,12-14H2,1-3H3,(H,27,28)/t15-,19-/m0/s1. The van der Waals surface area contributed by atoms with Gasteiger partial charge in [-0.3, -0.25) is 9.62 Å². The molecule has 1 spiro atoms. The minimum Gasteiger partial charge on any atom is -0.370 e. The number of hydrogen-bond donors (Lipinski definition) is 1. The lowest BCUT2D eigenvalue weighted by molar-refractivity contribution is -0.0559. The number of anilines is 2. The first-order valence-corrected chi connectivity index (χ1v) is 13.2. The van der Waals surface area contributed by atoms with Gasteiger partial charge in [0.15, 0.2) is 0 Å². The first kappa shape index (κ1) is 23.4. The van der Waals surface area contributed by atoms with Gasteiger partial charge in [-0.2, -0.15) is 4.39 Å². The zero-order chi connectivity index (χ0) is 24.3. The Labute approximate surface area is 199 Å². The van der Waals surface area contributed by atoms with Crippen molar-refractivity contribution in [3.8, 4) is 0 Å². The van der Waals surface area contributed by atoms with Gasteiger partial charge in [-0.1, -0.05) is 13.0 Å². The molecule has 0 amide bonds. The van der Waals surface area contributed by atoms with E-state index in [9.17, 15) is 12.8 Å². The van der Waals surface area contributed by atoms with E-state index in [1.807, 2.05) is 0 Å². The Balaban J connectivity index is 1.38. The molecule has 0 unspecified atom stereocenters. The second kappa shape index (κ2) is 8.42. The van der Waals surface area contributed by atoms with Gasteiger partial charge in [0, 0.05) is 30.4 Å². The molecular weight excluding hydrogens is 462 g/mol. The molecule has 3 aliphatic heterocycles. The van der Waals surface area contributed by atoms with Crippen LogP contribution < -0.4 is 9.62 Å². The number of likely N-dealkylation sites (tertiary alicyclic amines) is 1. The molecule has 7 nitrogen and oxygen atoms in total.